The summed E-state index contributed by atoms with van der Waals surface area (Å²) in [5, 5.41) is 11.9. The Kier molecular flexibility index (Phi) is 8.12. The van der Waals surface area contributed by atoms with Gasteiger partial charge in [-0.3, -0.25) is 4.79 Å². The average Bonchev–Trinajstić information content (AvgIpc) is 2.56. The number of carboxylic acids is 1. The Hall–Kier alpha value is -2.21. The molecule has 0 fully saturated rings. The van der Waals surface area contributed by atoms with Crippen molar-refractivity contribution in [3.05, 3.63) is 59.9 Å². The maximum atomic E-state index is 12.3. The number of amides is 1. The van der Waals surface area contributed by atoms with Crippen molar-refractivity contribution in [1.29, 1.82) is 0 Å². The van der Waals surface area contributed by atoms with Crippen LogP contribution in [-0.2, 0) is 6.54 Å². The lowest BCUT2D eigenvalue weighted by Crippen LogP contribution is -3.00. The van der Waals surface area contributed by atoms with Crippen LogP contribution in [0.1, 0.15) is 46.9 Å². The largest absolute Gasteiger partial charge is 1.00 e. The van der Waals surface area contributed by atoms with E-state index in [9.17, 15) is 9.59 Å². The predicted octanol–water partition coefficient (Wildman–Crippen LogP) is 0.119. The maximum absolute atomic E-state index is 12.3. The molecule has 0 bridgehead atoms. The van der Waals surface area contributed by atoms with E-state index in [2.05, 4.69) is 16.8 Å². The summed E-state index contributed by atoms with van der Waals surface area (Å²) in [5.41, 5.74) is 0.789. The number of carboxylic acid groups (broad SMARTS) is 1. The normalized spacial score (nSPS) is 9.88. The quantitative estimate of drug-likeness (QED) is 0.519. The lowest BCUT2D eigenvalue weighted by molar-refractivity contribution is -0.697. The fourth-order valence-electron chi connectivity index (χ4n) is 2.30. The minimum Gasteiger partial charge on any atom is -1.00 e. The molecule has 1 aromatic carbocycles. The minimum atomic E-state index is -1.11. The molecule has 0 saturated carbocycles. The zero-order valence-corrected chi connectivity index (χ0v) is 15.1. The summed E-state index contributed by atoms with van der Waals surface area (Å²) in [5.74, 6) is -1.54. The highest BCUT2D eigenvalue weighted by molar-refractivity contribution is 6.10. The van der Waals surface area contributed by atoms with E-state index in [4.69, 9.17) is 5.11 Å². The van der Waals surface area contributed by atoms with Crippen molar-refractivity contribution in [2.45, 2.75) is 32.7 Å². The van der Waals surface area contributed by atoms with E-state index in [-0.39, 0.29) is 28.1 Å². The molecular formula is C18H21BrN2O3. The minimum absolute atomic E-state index is 0. The van der Waals surface area contributed by atoms with E-state index in [1.807, 2.05) is 24.5 Å². The SMILES string of the molecule is CCCCC[n+]1ccc(NC(=O)c2ccccc2C(=O)O)cc1.[Br-]. The lowest BCUT2D eigenvalue weighted by Gasteiger charge is -2.07. The third-order valence-corrected chi connectivity index (χ3v) is 3.57. The number of carbonyl (C=O) groups is 2. The predicted molar refractivity (Wildman–Crippen MR) is 87.5 cm³/mol. The number of unbranched alkanes of at least 4 members (excludes halogenated alkanes) is 2. The van der Waals surface area contributed by atoms with Crippen LogP contribution in [0.3, 0.4) is 0 Å². The van der Waals surface area contributed by atoms with Gasteiger partial charge in [0.05, 0.1) is 16.8 Å². The van der Waals surface area contributed by atoms with E-state index in [1.54, 1.807) is 12.1 Å². The fraction of sp³-hybridized carbons (Fsp3) is 0.278. The van der Waals surface area contributed by atoms with Crippen LogP contribution in [0.4, 0.5) is 5.69 Å². The van der Waals surface area contributed by atoms with Crippen molar-refractivity contribution in [3.8, 4) is 0 Å². The second kappa shape index (κ2) is 9.82. The maximum Gasteiger partial charge on any atom is 0.336 e. The molecule has 6 heteroatoms. The van der Waals surface area contributed by atoms with E-state index < -0.39 is 11.9 Å². The molecule has 0 atom stereocenters. The fourth-order valence-corrected chi connectivity index (χ4v) is 2.30. The van der Waals surface area contributed by atoms with Gasteiger partial charge >= 0.3 is 5.97 Å². The second-order valence-corrected chi connectivity index (χ2v) is 5.34. The summed E-state index contributed by atoms with van der Waals surface area (Å²) < 4.78 is 2.07. The Morgan fingerprint density at radius 1 is 1.04 bits per heavy atom. The van der Waals surface area contributed by atoms with Gasteiger partial charge in [0.15, 0.2) is 12.4 Å². The van der Waals surface area contributed by atoms with Crippen LogP contribution in [0.25, 0.3) is 0 Å². The first-order chi connectivity index (χ1) is 11.1. The molecule has 0 aliphatic carbocycles. The standard InChI is InChI=1S/C18H20N2O3.BrH/c1-2-3-6-11-20-12-9-14(10-13-20)19-17(21)15-7-4-5-8-16(15)18(22)23;/h4-5,7-10,12-13H,2-3,6,11H2,1H3,(H,22,23);1H. The number of aromatic nitrogens is 1. The lowest BCUT2D eigenvalue weighted by atomic mass is 10.1. The van der Waals surface area contributed by atoms with Crippen LogP contribution < -0.4 is 26.9 Å². The van der Waals surface area contributed by atoms with Crippen molar-refractivity contribution < 1.29 is 36.2 Å². The highest BCUT2D eigenvalue weighted by Gasteiger charge is 2.16. The van der Waals surface area contributed by atoms with Gasteiger partial charge in [0, 0.05) is 18.6 Å². The number of benzene rings is 1. The van der Waals surface area contributed by atoms with Crippen molar-refractivity contribution in [3.63, 3.8) is 0 Å². The van der Waals surface area contributed by atoms with E-state index in [0.29, 0.717) is 5.69 Å². The molecule has 2 aromatic rings. The van der Waals surface area contributed by atoms with Crippen LogP contribution in [0, 0.1) is 0 Å². The number of nitrogens with zero attached hydrogens (tertiary/aromatic N) is 1. The van der Waals surface area contributed by atoms with Crippen LogP contribution in [-0.4, -0.2) is 17.0 Å². The summed E-state index contributed by atoms with van der Waals surface area (Å²) in [6, 6.07) is 9.80. The van der Waals surface area contributed by atoms with Crippen LogP contribution >= 0.6 is 0 Å². The van der Waals surface area contributed by atoms with Crippen molar-refractivity contribution in [2.75, 3.05) is 5.32 Å². The van der Waals surface area contributed by atoms with Gasteiger partial charge in [-0.1, -0.05) is 25.5 Å². The summed E-state index contributed by atoms with van der Waals surface area (Å²) in [7, 11) is 0. The number of anilines is 1. The highest BCUT2D eigenvalue weighted by atomic mass is 79.9. The molecule has 0 aliphatic rings. The van der Waals surface area contributed by atoms with Crippen molar-refractivity contribution >= 4 is 17.6 Å². The number of hydrogen-bond acceptors (Lipinski definition) is 2. The summed E-state index contributed by atoms with van der Waals surface area (Å²) >= 11 is 0. The van der Waals surface area contributed by atoms with Gasteiger partial charge in [0.1, 0.15) is 6.54 Å². The van der Waals surface area contributed by atoms with E-state index in [1.165, 1.54) is 25.0 Å². The number of aryl methyl sites for hydroxylation is 1. The molecule has 2 rings (SSSR count). The Morgan fingerprint density at radius 2 is 1.67 bits per heavy atom. The zero-order valence-electron chi connectivity index (χ0n) is 13.5. The Labute approximate surface area is 152 Å². The highest BCUT2D eigenvalue weighted by Crippen LogP contribution is 2.12. The number of halogens is 1. The number of carbonyl (C=O) groups excluding carboxylic acids is 1. The third kappa shape index (κ3) is 5.45. The summed E-state index contributed by atoms with van der Waals surface area (Å²) in [4.78, 5) is 23.4. The van der Waals surface area contributed by atoms with Gasteiger partial charge in [-0.15, -0.1) is 0 Å². The topological polar surface area (TPSA) is 70.3 Å². The average molecular weight is 393 g/mol. The van der Waals surface area contributed by atoms with Crippen LogP contribution in [0.5, 0.6) is 0 Å². The summed E-state index contributed by atoms with van der Waals surface area (Å²) in [6.45, 7) is 3.11. The van der Waals surface area contributed by atoms with Gasteiger partial charge in [-0.2, -0.15) is 0 Å². The number of hydrogen-bond donors (Lipinski definition) is 2. The third-order valence-electron chi connectivity index (χ3n) is 3.57. The van der Waals surface area contributed by atoms with Gasteiger partial charge in [0.2, 0.25) is 0 Å². The number of rotatable bonds is 7. The molecule has 2 N–H and O–H groups in total. The molecule has 0 aliphatic heterocycles. The molecule has 24 heavy (non-hydrogen) atoms. The molecule has 0 saturated heterocycles. The molecule has 5 nitrogen and oxygen atoms in total. The number of pyridine rings is 1. The first-order valence-electron chi connectivity index (χ1n) is 7.74. The van der Waals surface area contributed by atoms with Gasteiger partial charge < -0.3 is 27.4 Å². The molecule has 0 spiro atoms. The molecular weight excluding hydrogens is 372 g/mol. The Balaban J connectivity index is 0.00000288. The molecule has 1 aromatic heterocycles. The van der Waals surface area contributed by atoms with Gasteiger partial charge in [-0.05, 0) is 18.6 Å². The zero-order chi connectivity index (χ0) is 16.7. The van der Waals surface area contributed by atoms with Crippen LogP contribution in [0.2, 0.25) is 0 Å². The van der Waals surface area contributed by atoms with Gasteiger partial charge in [0.25, 0.3) is 5.91 Å². The van der Waals surface area contributed by atoms with Crippen molar-refractivity contribution in [2.24, 2.45) is 0 Å². The van der Waals surface area contributed by atoms with Gasteiger partial charge in [-0.25, -0.2) is 9.36 Å². The molecule has 0 radical (unpaired) electrons. The molecule has 1 amide bonds. The molecule has 1 heterocycles. The van der Waals surface area contributed by atoms with E-state index >= 15 is 0 Å². The smallest absolute Gasteiger partial charge is 0.336 e. The second-order valence-electron chi connectivity index (χ2n) is 5.34. The van der Waals surface area contributed by atoms with E-state index in [0.717, 1.165) is 13.0 Å². The number of nitrogens with one attached hydrogen (secondary N) is 1. The van der Waals surface area contributed by atoms with Crippen molar-refractivity contribution in [1.82, 2.24) is 0 Å². The molecule has 128 valence electrons. The Bertz CT molecular complexity index is 687. The van der Waals surface area contributed by atoms with Crippen LogP contribution in [0.15, 0.2) is 48.8 Å². The summed E-state index contributed by atoms with van der Waals surface area (Å²) in [6.07, 6.45) is 7.32. The monoisotopic (exact) mass is 392 g/mol. The number of aromatic carboxylic acids is 1. The molecule has 0 unspecified atom stereocenters. The first kappa shape index (κ1) is 19.8. The first-order valence-corrected chi connectivity index (χ1v) is 7.74. The Morgan fingerprint density at radius 3 is 2.25 bits per heavy atom.